The molecule has 0 saturated carbocycles. The number of nitrogens with zero attached hydrogens (tertiary/aromatic N) is 1. The van der Waals surface area contributed by atoms with E-state index in [0.29, 0.717) is 23.2 Å². The molecule has 3 nitrogen and oxygen atoms in total. The summed E-state index contributed by atoms with van der Waals surface area (Å²) in [6, 6.07) is 6.54. The second-order valence-electron chi connectivity index (χ2n) is 4.36. The number of aryl methyl sites for hydroxylation is 1. The van der Waals surface area contributed by atoms with Crippen molar-refractivity contribution in [2.45, 2.75) is 19.4 Å². The van der Waals surface area contributed by atoms with Crippen LogP contribution in [0.4, 0.5) is 10.1 Å². The molecule has 1 atom stereocenters. The minimum absolute atomic E-state index is 0.243. The average molecular weight is 245 g/mol. The minimum atomic E-state index is -0.420. The van der Waals surface area contributed by atoms with Crippen LogP contribution in [0.5, 0.6) is 0 Å². The molecule has 4 heteroatoms. The molecule has 94 valence electrons. The molecule has 0 aliphatic rings. The van der Waals surface area contributed by atoms with Crippen LogP contribution in [0, 0.1) is 12.7 Å². The van der Waals surface area contributed by atoms with Crippen LogP contribution in [0.25, 0.3) is 0 Å². The number of benzene rings is 1. The Morgan fingerprint density at radius 3 is 2.83 bits per heavy atom. The van der Waals surface area contributed by atoms with Gasteiger partial charge in [-0.25, -0.2) is 4.39 Å². The van der Waals surface area contributed by atoms with E-state index in [2.05, 4.69) is 4.98 Å². The summed E-state index contributed by atoms with van der Waals surface area (Å²) in [5.41, 5.74) is 14.5. The number of anilines is 1. The van der Waals surface area contributed by atoms with E-state index in [-0.39, 0.29) is 5.82 Å². The summed E-state index contributed by atoms with van der Waals surface area (Å²) in [5, 5.41) is 0. The van der Waals surface area contributed by atoms with Crippen molar-refractivity contribution in [2.75, 3.05) is 5.73 Å². The fraction of sp³-hybridized carbons (Fsp3) is 0.214. The van der Waals surface area contributed by atoms with Gasteiger partial charge in [0.1, 0.15) is 5.82 Å². The molecule has 1 unspecified atom stereocenters. The van der Waals surface area contributed by atoms with E-state index < -0.39 is 6.04 Å². The molecular formula is C14H16FN3. The number of aromatic nitrogens is 1. The molecule has 0 aliphatic heterocycles. The molecule has 0 saturated heterocycles. The zero-order valence-electron chi connectivity index (χ0n) is 10.2. The molecule has 0 aliphatic carbocycles. The fourth-order valence-electron chi connectivity index (χ4n) is 1.91. The molecule has 0 spiro atoms. The number of pyridine rings is 1. The van der Waals surface area contributed by atoms with Gasteiger partial charge in [-0.05, 0) is 30.5 Å². The van der Waals surface area contributed by atoms with E-state index in [0.717, 1.165) is 5.56 Å². The van der Waals surface area contributed by atoms with Crippen LogP contribution in [0.3, 0.4) is 0 Å². The van der Waals surface area contributed by atoms with E-state index in [9.17, 15) is 4.39 Å². The lowest BCUT2D eigenvalue weighted by molar-refractivity contribution is 0.573. The summed E-state index contributed by atoms with van der Waals surface area (Å²) in [6.07, 6.45) is 3.76. The predicted molar refractivity (Wildman–Crippen MR) is 70.4 cm³/mol. The topological polar surface area (TPSA) is 64.9 Å². The highest BCUT2D eigenvalue weighted by Gasteiger charge is 2.14. The van der Waals surface area contributed by atoms with Crippen molar-refractivity contribution in [3.63, 3.8) is 0 Å². The molecule has 0 amide bonds. The number of hydrogen-bond acceptors (Lipinski definition) is 3. The first-order valence-electron chi connectivity index (χ1n) is 5.78. The van der Waals surface area contributed by atoms with Crippen molar-refractivity contribution in [3.8, 4) is 0 Å². The van der Waals surface area contributed by atoms with Gasteiger partial charge in [0.25, 0.3) is 0 Å². The smallest absolute Gasteiger partial charge is 0.130 e. The van der Waals surface area contributed by atoms with Gasteiger partial charge in [0.2, 0.25) is 0 Å². The molecule has 2 aromatic rings. The molecule has 0 radical (unpaired) electrons. The van der Waals surface area contributed by atoms with E-state index in [1.807, 2.05) is 0 Å². The number of rotatable bonds is 3. The lowest BCUT2D eigenvalue weighted by atomic mass is 9.98. The Kier molecular flexibility index (Phi) is 3.58. The first-order valence-corrected chi connectivity index (χ1v) is 5.78. The third-order valence-electron chi connectivity index (χ3n) is 3.00. The second kappa shape index (κ2) is 5.14. The predicted octanol–water partition coefficient (Wildman–Crippen LogP) is 2.35. The number of hydrogen-bond donors (Lipinski definition) is 2. The summed E-state index contributed by atoms with van der Waals surface area (Å²) in [5.74, 6) is -0.243. The number of halogens is 1. The quantitative estimate of drug-likeness (QED) is 0.872. The highest BCUT2D eigenvalue weighted by molar-refractivity contribution is 5.45. The second-order valence-corrected chi connectivity index (χ2v) is 4.36. The van der Waals surface area contributed by atoms with E-state index >= 15 is 0 Å². The zero-order chi connectivity index (χ0) is 13.1. The largest absolute Gasteiger partial charge is 0.398 e. The maximum absolute atomic E-state index is 13.9. The van der Waals surface area contributed by atoms with Crippen molar-refractivity contribution in [2.24, 2.45) is 5.73 Å². The normalized spacial score (nSPS) is 12.4. The lowest BCUT2D eigenvalue weighted by Crippen LogP contribution is -2.16. The first kappa shape index (κ1) is 12.5. The van der Waals surface area contributed by atoms with Crippen molar-refractivity contribution < 1.29 is 4.39 Å². The maximum Gasteiger partial charge on any atom is 0.130 e. The zero-order valence-corrected chi connectivity index (χ0v) is 10.2. The highest BCUT2D eigenvalue weighted by atomic mass is 19.1. The molecule has 1 aromatic heterocycles. The van der Waals surface area contributed by atoms with Crippen LogP contribution in [0.2, 0.25) is 0 Å². The monoisotopic (exact) mass is 245 g/mol. The molecule has 4 N–H and O–H groups in total. The first-order chi connectivity index (χ1) is 8.59. The van der Waals surface area contributed by atoms with Gasteiger partial charge in [-0.3, -0.25) is 4.98 Å². The van der Waals surface area contributed by atoms with Crippen LogP contribution in [0.15, 0.2) is 36.7 Å². The standard InChI is InChI=1S/C14H16FN3/c1-9-3-2-4-11(14(9)15)13(17)7-10-8-18-6-5-12(10)16/h2-6,8,13H,7,17H2,1H3,(H2,16,18). The summed E-state index contributed by atoms with van der Waals surface area (Å²) < 4.78 is 13.9. The van der Waals surface area contributed by atoms with E-state index in [4.69, 9.17) is 11.5 Å². The third-order valence-corrected chi connectivity index (χ3v) is 3.00. The van der Waals surface area contributed by atoms with Gasteiger partial charge in [0.05, 0.1) is 0 Å². The summed E-state index contributed by atoms with van der Waals surface area (Å²) in [4.78, 5) is 4.00. The Hall–Kier alpha value is -1.94. The van der Waals surface area contributed by atoms with Crippen LogP contribution < -0.4 is 11.5 Å². The van der Waals surface area contributed by atoms with Gasteiger partial charge in [-0.2, -0.15) is 0 Å². The minimum Gasteiger partial charge on any atom is -0.398 e. The Morgan fingerprint density at radius 2 is 2.11 bits per heavy atom. The third kappa shape index (κ3) is 2.49. The number of nitrogens with two attached hydrogens (primary N) is 2. The number of nitrogen functional groups attached to an aromatic ring is 1. The molecule has 2 rings (SSSR count). The van der Waals surface area contributed by atoms with Crippen LogP contribution in [-0.4, -0.2) is 4.98 Å². The molecule has 1 aromatic carbocycles. The van der Waals surface area contributed by atoms with Gasteiger partial charge < -0.3 is 11.5 Å². The molecule has 0 bridgehead atoms. The maximum atomic E-state index is 13.9. The summed E-state index contributed by atoms with van der Waals surface area (Å²) >= 11 is 0. The van der Waals surface area contributed by atoms with Crippen molar-refractivity contribution in [1.82, 2.24) is 4.98 Å². The van der Waals surface area contributed by atoms with Crippen LogP contribution in [-0.2, 0) is 6.42 Å². The lowest BCUT2D eigenvalue weighted by Gasteiger charge is -2.15. The molecule has 0 fully saturated rings. The van der Waals surface area contributed by atoms with Gasteiger partial charge >= 0.3 is 0 Å². The fourth-order valence-corrected chi connectivity index (χ4v) is 1.91. The Bertz CT molecular complexity index is 554. The van der Waals surface area contributed by atoms with Gasteiger partial charge in [-0.15, -0.1) is 0 Å². The Balaban J connectivity index is 2.25. The van der Waals surface area contributed by atoms with E-state index in [1.54, 1.807) is 43.6 Å². The molecular weight excluding hydrogens is 229 g/mol. The van der Waals surface area contributed by atoms with Crippen molar-refractivity contribution in [3.05, 3.63) is 59.2 Å². The van der Waals surface area contributed by atoms with Gasteiger partial charge in [-0.1, -0.05) is 18.2 Å². The SMILES string of the molecule is Cc1cccc(C(N)Cc2cnccc2N)c1F. The Morgan fingerprint density at radius 1 is 1.33 bits per heavy atom. The van der Waals surface area contributed by atoms with Crippen molar-refractivity contribution >= 4 is 5.69 Å². The van der Waals surface area contributed by atoms with Crippen LogP contribution >= 0.6 is 0 Å². The average Bonchev–Trinajstić information content (AvgIpc) is 2.35. The van der Waals surface area contributed by atoms with Gasteiger partial charge in [0, 0.05) is 29.7 Å². The molecule has 18 heavy (non-hydrogen) atoms. The molecule has 1 heterocycles. The summed E-state index contributed by atoms with van der Waals surface area (Å²) in [7, 11) is 0. The van der Waals surface area contributed by atoms with Gasteiger partial charge in [0.15, 0.2) is 0 Å². The van der Waals surface area contributed by atoms with Crippen molar-refractivity contribution in [1.29, 1.82) is 0 Å². The summed E-state index contributed by atoms with van der Waals surface area (Å²) in [6.45, 7) is 1.73. The highest BCUT2D eigenvalue weighted by Crippen LogP contribution is 2.23. The van der Waals surface area contributed by atoms with E-state index in [1.165, 1.54) is 0 Å². The van der Waals surface area contributed by atoms with Crippen LogP contribution in [0.1, 0.15) is 22.7 Å². The Labute approximate surface area is 106 Å².